The van der Waals surface area contributed by atoms with Gasteiger partial charge in [-0.15, -0.1) is 11.3 Å². The van der Waals surface area contributed by atoms with E-state index >= 15 is 0 Å². The molecule has 1 aromatic rings. The molecule has 1 aromatic heterocycles. The molecule has 0 amide bonds. The number of hydrogen-bond acceptors (Lipinski definition) is 6. The van der Waals surface area contributed by atoms with Crippen molar-refractivity contribution >= 4 is 27.3 Å². The van der Waals surface area contributed by atoms with Gasteiger partial charge in [-0.25, -0.2) is 13.2 Å². The molecule has 2 aliphatic heterocycles. The van der Waals surface area contributed by atoms with Crippen molar-refractivity contribution in [3.63, 3.8) is 0 Å². The minimum atomic E-state index is -3.64. The van der Waals surface area contributed by atoms with Gasteiger partial charge >= 0.3 is 5.97 Å². The molecule has 0 aliphatic carbocycles. The SMILES string of the molecule is O=C(O)c1ccc(S(=O)(=O)N2CCC3(CC2)OCCO3)s1. The van der Waals surface area contributed by atoms with E-state index in [1.165, 1.54) is 16.4 Å². The zero-order chi connectivity index (χ0) is 15.1. The van der Waals surface area contributed by atoms with Crippen LogP contribution in [-0.2, 0) is 19.5 Å². The zero-order valence-electron chi connectivity index (χ0n) is 11.1. The molecule has 1 N–H and O–H groups in total. The van der Waals surface area contributed by atoms with Crippen LogP contribution in [0.2, 0.25) is 0 Å². The number of rotatable bonds is 3. The second-order valence-corrected chi connectivity index (χ2v) is 8.18. The standard InChI is InChI=1S/C12H15NO6S2/c14-11(15)9-1-2-10(20-9)21(16,17)13-5-3-12(4-6-13)18-7-8-19-12/h1-2H,3-8H2,(H,14,15). The normalized spacial score (nSPS) is 22.7. The van der Waals surface area contributed by atoms with Crippen LogP contribution in [0, 0.1) is 0 Å². The maximum atomic E-state index is 12.5. The Labute approximate surface area is 126 Å². The first-order chi connectivity index (χ1) is 9.93. The summed E-state index contributed by atoms with van der Waals surface area (Å²) in [5.74, 6) is -1.75. The van der Waals surface area contributed by atoms with E-state index in [0.29, 0.717) is 39.1 Å². The van der Waals surface area contributed by atoms with E-state index in [0.717, 1.165) is 11.3 Å². The van der Waals surface area contributed by atoms with Crippen LogP contribution in [0.15, 0.2) is 16.3 Å². The highest BCUT2D eigenvalue weighted by Gasteiger charge is 2.42. The number of carbonyl (C=O) groups is 1. The van der Waals surface area contributed by atoms with Crippen molar-refractivity contribution in [2.45, 2.75) is 22.8 Å². The van der Waals surface area contributed by atoms with Gasteiger partial charge in [-0.3, -0.25) is 0 Å². The number of nitrogens with zero attached hydrogens (tertiary/aromatic N) is 1. The van der Waals surface area contributed by atoms with Crippen molar-refractivity contribution in [3.05, 3.63) is 17.0 Å². The van der Waals surface area contributed by atoms with Gasteiger partial charge in [0.25, 0.3) is 10.0 Å². The Morgan fingerprint density at radius 3 is 2.38 bits per heavy atom. The number of ether oxygens (including phenoxy) is 2. The molecule has 2 aliphatic rings. The van der Waals surface area contributed by atoms with Gasteiger partial charge < -0.3 is 14.6 Å². The lowest BCUT2D eigenvalue weighted by molar-refractivity contribution is -0.179. The number of carboxylic acids is 1. The molecule has 3 rings (SSSR count). The summed E-state index contributed by atoms with van der Waals surface area (Å²) in [6.45, 7) is 1.70. The molecule has 0 aromatic carbocycles. The molecule has 7 nitrogen and oxygen atoms in total. The minimum absolute atomic E-state index is 0.0181. The lowest BCUT2D eigenvalue weighted by Crippen LogP contribution is -2.47. The molecule has 0 atom stereocenters. The Morgan fingerprint density at radius 1 is 1.24 bits per heavy atom. The van der Waals surface area contributed by atoms with Crippen LogP contribution in [-0.4, -0.2) is 55.9 Å². The largest absolute Gasteiger partial charge is 0.477 e. The molecular weight excluding hydrogens is 318 g/mol. The van der Waals surface area contributed by atoms with Crippen molar-refractivity contribution in [1.29, 1.82) is 0 Å². The van der Waals surface area contributed by atoms with Gasteiger partial charge in [0.1, 0.15) is 9.09 Å². The molecule has 1 spiro atoms. The maximum absolute atomic E-state index is 12.5. The van der Waals surface area contributed by atoms with Crippen molar-refractivity contribution in [3.8, 4) is 0 Å². The molecule has 2 fully saturated rings. The Bertz CT molecular complexity index is 636. The average molecular weight is 333 g/mol. The van der Waals surface area contributed by atoms with Crippen LogP contribution in [0.5, 0.6) is 0 Å². The highest BCUT2D eigenvalue weighted by Crippen LogP contribution is 2.34. The molecule has 0 radical (unpaired) electrons. The van der Waals surface area contributed by atoms with Crippen LogP contribution in [0.3, 0.4) is 0 Å². The van der Waals surface area contributed by atoms with Crippen molar-refractivity contribution in [1.82, 2.24) is 4.31 Å². The molecule has 0 saturated carbocycles. The van der Waals surface area contributed by atoms with E-state index < -0.39 is 21.8 Å². The predicted octanol–water partition coefficient (Wildman–Crippen LogP) is 0.974. The van der Waals surface area contributed by atoms with Crippen LogP contribution in [0.25, 0.3) is 0 Å². The highest BCUT2D eigenvalue weighted by molar-refractivity contribution is 7.91. The first-order valence-corrected chi connectivity index (χ1v) is 8.80. The predicted molar refractivity (Wildman–Crippen MR) is 73.9 cm³/mol. The third kappa shape index (κ3) is 2.71. The molecule has 2 saturated heterocycles. The fourth-order valence-corrected chi connectivity index (χ4v) is 5.29. The molecule has 9 heteroatoms. The van der Waals surface area contributed by atoms with Crippen LogP contribution in [0.1, 0.15) is 22.5 Å². The summed E-state index contributed by atoms with van der Waals surface area (Å²) >= 11 is 0.774. The molecule has 3 heterocycles. The van der Waals surface area contributed by atoms with E-state index in [-0.39, 0.29) is 9.09 Å². The van der Waals surface area contributed by atoms with Crippen molar-refractivity contribution < 1.29 is 27.8 Å². The Balaban J connectivity index is 1.75. The van der Waals surface area contributed by atoms with Crippen LogP contribution >= 0.6 is 11.3 Å². The first-order valence-electron chi connectivity index (χ1n) is 6.54. The fraction of sp³-hybridized carbons (Fsp3) is 0.583. The summed E-state index contributed by atoms with van der Waals surface area (Å²) in [4.78, 5) is 10.9. The zero-order valence-corrected chi connectivity index (χ0v) is 12.8. The lowest BCUT2D eigenvalue weighted by Gasteiger charge is -2.36. The molecule has 0 bridgehead atoms. The summed E-state index contributed by atoms with van der Waals surface area (Å²) in [7, 11) is -3.64. The second kappa shape index (κ2) is 5.33. The van der Waals surface area contributed by atoms with Gasteiger partial charge in [-0.05, 0) is 12.1 Å². The summed E-state index contributed by atoms with van der Waals surface area (Å²) in [5.41, 5.74) is 0. The van der Waals surface area contributed by atoms with Crippen LogP contribution < -0.4 is 0 Å². The van der Waals surface area contributed by atoms with E-state index in [4.69, 9.17) is 14.6 Å². The average Bonchev–Trinajstić information content (AvgIpc) is 3.09. The molecule has 21 heavy (non-hydrogen) atoms. The summed E-state index contributed by atoms with van der Waals surface area (Å²) in [6.07, 6.45) is 0.979. The monoisotopic (exact) mass is 333 g/mol. The quantitative estimate of drug-likeness (QED) is 0.886. The highest BCUT2D eigenvalue weighted by atomic mass is 32.2. The van der Waals surface area contributed by atoms with Gasteiger partial charge in [0, 0.05) is 25.9 Å². The number of aromatic carboxylic acids is 1. The second-order valence-electron chi connectivity index (χ2n) is 4.94. The van der Waals surface area contributed by atoms with Gasteiger partial charge in [0.05, 0.1) is 13.2 Å². The van der Waals surface area contributed by atoms with Gasteiger partial charge in [0.2, 0.25) is 0 Å². The van der Waals surface area contributed by atoms with Gasteiger partial charge in [0.15, 0.2) is 5.79 Å². The minimum Gasteiger partial charge on any atom is -0.477 e. The van der Waals surface area contributed by atoms with Crippen molar-refractivity contribution in [2.24, 2.45) is 0 Å². The van der Waals surface area contributed by atoms with E-state index in [1.807, 2.05) is 0 Å². The van der Waals surface area contributed by atoms with E-state index in [2.05, 4.69) is 0 Å². The van der Waals surface area contributed by atoms with Crippen molar-refractivity contribution in [2.75, 3.05) is 26.3 Å². The fourth-order valence-electron chi connectivity index (χ4n) is 2.55. The lowest BCUT2D eigenvalue weighted by atomic mass is 10.1. The summed E-state index contributed by atoms with van der Waals surface area (Å²) in [5, 5.41) is 8.88. The van der Waals surface area contributed by atoms with E-state index in [9.17, 15) is 13.2 Å². The smallest absolute Gasteiger partial charge is 0.345 e. The summed E-state index contributed by atoms with van der Waals surface area (Å²) in [6, 6.07) is 2.66. The first kappa shape index (κ1) is 14.9. The third-order valence-corrected chi connectivity index (χ3v) is 7.12. The maximum Gasteiger partial charge on any atom is 0.345 e. The third-order valence-electron chi connectivity index (χ3n) is 3.68. The number of sulfonamides is 1. The topological polar surface area (TPSA) is 93.1 Å². The van der Waals surface area contributed by atoms with Crippen LogP contribution in [0.4, 0.5) is 0 Å². The Kier molecular flexibility index (Phi) is 3.78. The Morgan fingerprint density at radius 2 is 1.86 bits per heavy atom. The van der Waals surface area contributed by atoms with E-state index in [1.54, 1.807) is 0 Å². The summed E-state index contributed by atoms with van der Waals surface area (Å²) < 4.78 is 37.5. The number of piperidine rings is 1. The molecular formula is C12H15NO6S2. The number of carboxylic acid groups (broad SMARTS) is 1. The van der Waals surface area contributed by atoms with Gasteiger partial charge in [-0.1, -0.05) is 0 Å². The Hall–Kier alpha value is -1.00. The number of hydrogen-bond donors (Lipinski definition) is 1. The molecule has 116 valence electrons. The number of thiophene rings is 1. The molecule has 0 unspecified atom stereocenters. The van der Waals surface area contributed by atoms with Gasteiger partial charge in [-0.2, -0.15) is 4.31 Å².